The number of carbonyl (C=O) groups is 1. The Balaban J connectivity index is 1.35. The average molecular weight is 355 g/mol. The number of hydrogen-bond donors (Lipinski definition) is 0. The van der Waals surface area contributed by atoms with Crippen LogP contribution in [0.4, 0.5) is 11.4 Å². The minimum atomic E-state index is 0.0119. The number of amides is 1. The van der Waals surface area contributed by atoms with Gasteiger partial charge in [-0.1, -0.05) is 42.5 Å². The number of benzene rings is 2. The van der Waals surface area contributed by atoms with Gasteiger partial charge in [-0.3, -0.25) is 4.79 Å². The molecule has 0 unspecified atom stereocenters. The van der Waals surface area contributed by atoms with Gasteiger partial charge in [-0.05, 0) is 47.7 Å². The lowest BCUT2D eigenvalue weighted by Crippen LogP contribution is -2.36. The molecule has 4 nitrogen and oxygen atoms in total. The van der Waals surface area contributed by atoms with Crippen LogP contribution in [0, 0.1) is 0 Å². The molecule has 3 heterocycles. The first kappa shape index (κ1) is 16.1. The maximum atomic E-state index is 12.9. The van der Waals surface area contributed by atoms with Crippen molar-refractivity contribution in [2.75, 3.05) is 18.0 Å². The average Bonchev–Trinajstić information content (AvgIpc) is 3.17. The lowest BCUT2D eigenvalue weighted by atomic mass is 10.00. The topological polar surface area (TPSA) is 36.4 Å². The molecule has 2 aromatic carbocycles. The Bertz CT molecular complexity index is 997. The van der Waals surface area contributed by atoms with E-state index >= 15 is 0 Å². The molecular weight excluding hydrogens is 334 g/mol. The van der Waals surface area contributed by atoms with Gasteiger partial charge in [0.15, 0.2) is 0 Å². The maximum Gasteiger partial charge on any atom is 0.272 e. The van der Waals surface area contributed by atoms with Gasteiger partial charge < -0.3 is 9.80 Å². The van der Waals surface area contributed by atoms with Gasteiger partial charge in [0, 0.05) is 25.3 Å². The van der Waals surface area contributed by atoms with E-state index in [4.69, 9.17) is 0 Å². The highest BCUT2D eigenvalue weighted by molar-refractivity contribution is 5.92. The molecule has 0 saturated heterocycles. The summed E-state index contributed by atoms with van der Waals surface area (Å²) in [7, 11) is 0. The van der Waals surface area contributed by atoms with Crippen LogP contribution >= 0.6 is 0 Å². The van der Waals surface area contributed by atoms with E-state index in [1.165, 1.54) is 22.4 Å². The Morgan fingerprint density at radius 1 is 0.815 bits per heavy atom. The molecule has 0 saturated carbocycles. The van der Waals surface area contributed by atoms with E-state index < -0.39 is 0 Å². The molecule has 0 radical (unpaired) electrons. The van der Waals surface area contributed by atoms with Gasteiger partial charge in [0.05, 0.1) is 11.9 Å². The number of anilines is 2. The summed E-state index contributed by atoms with van der Waals surface area (Å²) in [6.07, 6.45) is 3.78. The number of hydrogen-bond acceptors (Lipinski definition) is 3. The van der Waals surface area contributed by atoms with Crippen LogP contribution in [-0.2, 0) is 19.4 Å². The van der Waals surface area contributed by atoms with E-state index in [2.05, 4.69) is 52.3 Å². The molecule has 2 aliphatic heterocycles. The van der Waals surface area contributed by atoms with Crippen LogP contribution in [0.25, 0.3) is 0 Å². The minimum absolute atomic E-state index is 0.0119. The SMILES string of the molecule is O=C(c1ccc(N2CCc3ccccc32)cn1)N1CCc2ccccc2C1. The monoisotopic (exact) mass is 355 g/mol. The lowest BCUT2D eigenvalue weighted by Gasteiger charge is -2.28. The van der Waals surface area contributed by atoms with Crippen molar-refractivity contribution < 1.29 is 4.79 Å². The molecule has 134 valence electrons. The molecule has 27 heavy (non-hydrogen) atoms. The van der Waals surface area contributed by atoms with Gasteiger partial charge in [-0.15, -0.1) is 0 Å². The first-order valence-electron chi connectivity index (χ1n) is 9.47. The van der Waals surface area contributed by atoms with Crippen molar-refractivity contribution in [2.45, 2.75) is 19.4 Å². The molecule has 1 amide bonds. The first-order valence-corrected chi connectivity index (χ1v) is 9.47. The van der Waals surface area contributed by atoms with Crippen LogP contribution in [0.2, 0.25) is 0 Å². The number of rotatable bonds is 2. The first-order chi connectivity index (χ1) is 13.3. The van der Waals surface area contributed by atoms with E-state index in [1.54, 1.807) is 0 Å². The van der Waals surface area contributed by atoms with Crippen molar-refractivity contribution in [1.29, 1.82) is 0 Å². The van der Waals surface area contributed by atoms with Crippen molar-refractivity contribution in [3.8, 4) is 0 Å². The Morgan fingerprint density at radius 3 is 2.37 bits per heavy atom. The molecular formula is C23H21N3O. The quantitative estimate of drug-likeness (QED) is 0.698. The predicted molar refractivity (Wildman–Crippen MR) is 106 cm³/mol. The van der Waals surface area contributed by atoms with Gasteiger partial charge in [0.2, 0.25) is 0 Å². The summed E-state index contributed by atoms with van der Waals surface area (Å²) in [6.45, 7) is 2.37. The van der Waals surface area contributed by atoms with Crippen molar-refractivity contribution >= 4 is 17.3 Å². The Hall–Kier alpha value is -3.14. The van der Waals surface area contributed by atoms with Gasteiger partial charge in [-0.25, -0.2) is 4.98 Å². The summed E-state index contributed by atoms with van der Waals surface area (Å²) >= 11 is 0. The Kier molecular flexibility index (Phi) is 3.89. The lowest BCUT2D eigenvalue weighted by molar-refractivity contribution is 0.0729. The smallest absolute Gasteiger partial charge is 0.272 e. The third-order valence-electron chi connectivity index (χ3n) is 5.58. The fourth-order valence-corrected chi connectivity index (χ4v) is 4.11. The molecule has 0 fully saturated rings. The van der Waals surface area contributed by atoms with Gasteiger partial charge in [0.1, 0.15) is 5.69 Å². The van der Waals surface area contributed by atoms with Crippen LogP contribution < -0.4 is 4.90 Å². The Labute approximate surface area is 159 Å². The second-order valence-corrected chi connectivity index (χ2v) is 7.18. The number of carbonyl (C=O) groups excluding carboxylic acids is 1. The largest absolute Gasteiger partial charge is 0.340 e. The van der Waals surface area contributed by atoms with Crippen molar-refractivity contribution in [3.05, 3.63) is 89.2 Å². The fraction of sp³-hybridized carbons (Fsp3) is 0.217. The molecule has 0 atom stereocenters. The third-order valence-corrected chi connectivity index (χ3v) is 5.58. The van der Waals surface area contributed by atoms with E-state index in [9.17, 15) is 4.79 Å². The third kappa shape index (κ3) is 2.87. The highest BCUT2D eigenvalue weighted by Crippen LogP contribution is 2.33. The summed E-state index contributed by atoms with van der Waals surface area (Å²) in [6, 6.07) is 20.7. The Morgan fingerprint density at radius 2 is 1.56 bits per heavy atom. The molecule has 5 rings (SSSR count). The molecule has 0 N–H and O–H groups in total. The molecule has 0 spiro atoms. The summed E-state index contributed by atoms with van der Waals surface area (Å²) in [5.41, 5.74) is 6.75. The number of fused-ring (bicyclic) bond motifs is 2. The molecule has 0 aliphatic carbocycles. The predicted octanol–water partition coefficient (Wildman–Crippen LogP) is 3.97. The highest BCUT2D eigenvalue weighted by Gasteiger charge is 2.24. The normalized spacial score (nSPS) is 15.4. The number of para-hydroxylation sites is 1. The van der Waals surface area contributed by atoms with Crippen LogP contribution in [0.5, 0.6) is 0 Å². The van der Waals surface area contributed by atoms with Crippen molar-refractivity contribution in [2.24, 2.45) is 0 Å². The number of aromatic nitrogens is 1. The maximum absolute atomic E-state index is 12.9. The zero-order chi connectivity index (χ0) is 18.2. The fourth-order valence-electron chi connectivity index (χ4n) is 4.11. The van der Waals surface area contributed by atoms with E-state index in [-0.39, 0.29) is 5.91 Å². The van der Waals surface area contributed by atoms with Crippen LogP contribution in [0.1, 0.15) is 27.2 Å². The van der Waals surface area contributed by atoms with E-state index in [0.717, 1.165) is 31.6 Å². The summed E-state index contributed by atoms with van der Waals surface area (Å²) in [4.78, 5) is 21.6. The van der Waals surface area contributed by atoms with Crippen molar-refractivity contribution in [3.63, 3.8) is 0 Å². The van der Waals surface area contributed by atoms with E-state index in [0.29, 0.717) is 12.2 Å². The zero-order valence-electron chi connectivity index (χ0n) is 15.1. The zero-order valence-corrected chi connectivity index (χ0v) is 15.1. The standard InChI is InChI=1S/C23H21N3O/c27-23(25-13-11-17-5-1-2-7-19(17)16-25)21-10-9-20(15-24-21)26-14-12-18-6-3-4-8-22(18)26/h1-10,15H,11-14,16H2. The minimum Gasteiger partial charge on any atom is -0.340 e. The van der Waals surface area contributed by atoms with Gasteiger partial charge >= 0.3 is 0 Å². The van der Waals surface area contributed by atoms with Crippen molar-refractivity contribution in [1.82, 2.24) is 9.88 Å². The molecule has 1 aromatic heterocycles. The van der Waals surface area contributed by atoms with Gasteiger partial charge in [0.25, 0.3) is 5.91 Å². The van der Waals surface area contributed by atoms with Crippen LogP contribution in [-0.4, -0.2) is 28.9 Å². The molecule has 0 bridgehead atoms. The van der Waals surface area contributed by atoms with Crippen LogP contribution in [0.15, 0.2) is 66.9 Å². The molecule has 4 heteroatoms. The summed E-state index contributed by atoms with van der Waals surface area (Å²) < 4.78 is 0. The number of pyridine rings is 1. The summed E-state index contributed by atoms with van der Waals surface area (Å²) in [5, 5.41) is 0. The second-order valence-electron chi connectivity index (χ2n) is 7.18. The molecule has 2 aliphatic rings. The highest BCUT2D eigenvalue weighted by atomic mass is 16.2. The van der Waals surface area contributed by atoms with Crippen LogP contribution in [0.3, 0.4) is 0 Å². The van der Waals surface area contributed by atoms with E-state index in [1.807, 2.05) is 29.3 Å². The van der Waals surface area contributed by atoms with Gasteiger partial charge in [-0.2, -0.15) is 0 Å². The summed E-state index contributed by atoms with van der Waals surface area (Å²) in [5.74, 6) is 0.0119. The number of nitrogens with zero attached hydrogens (tertiary/aromatic N) is 3. The second kappa shape index (κ2) is 6.54. The molecule has 3 aromatic rings.